The van der Waals surface area contributed by atoms with Crippen LogP contribution in [0.2, 0.25) is 5.02 Å². The van der Waals surface area contributed by atoms with Gasteiger partial charge in [0.15, 0.2) is 5.84 Å². The van der Waals surface area contributed by atoms with Gasteiger partial charge in [0, 0.05) is 43.8 Å². The summed E-state index contributed by atoms with van der Waals surface area (Å²) in [6, 6.07) is 1.84. The van der Waals surface area contributed by atoms with E-state index in [2.05, 4.69) is 20.0 Å². The summed E-state index contributed by atoms with van der Waals surface area (Å²) in [5.41, 5.74) is 2.59. The lowest BCUT2D eigenvalue weighted by Gasteiger charge is -2.09. The Morgan fingerprint density at radius 3 is 2.65 bits per heavy atom. The third kappa shape index (κ3) is 2.47. The number of aliphatic imine (C=N–C) groups is 3. The number of dihydropyridines is 1. The monoisotopic (exact) mass is 246 g/mol. The zero-order valence-electron chi connectivity index (χ0n) is 9.55. The van der Waals surface area contributed by atoms with Crippen molar-refractivity contribution in [1.82, 2.24) is 4.98 Å². The third-order valence-electron chi connectivity index (χ3n) is 2.34. The Balaban J connectivity index is 2.43. The number of pyridine rings is 1. The van der Waals surface area contributed by atoms with Crippen molar-refractivity contribution in [2.45, 2.75) is 0 Å². The van der Waals surface area contributed by atoms with Crippen molar-refractivity contribution in [3.63, 3.8) is 0 Å². The smallest absolute Gasteiger partial charge is 0.172 e. The van der Waals surface area contributed by atoms with E-state index in [-0.39, 0.29) is 0 Å². The number of hydrogen-bond acceptors (Lipinski definition) is 3. The number of aromatic nitrogens is 1. The van der Waals surface area contributed by atoms with Crippen LogP contribution in [0.1, 0.15) is 5.56 Å². The number of halogens is 1. The van der Waals surface area contributed by atoms with E-state index < -0.39 is 0 Å². The summed E-state index contributed by atoms with van der Waals surface area (Å²) >= 11 is 5.90. The molecule has 0 saturated heterocycles. The lowest BCUT2D eigenvalue weighted by molar-refractivity contribution is 1.31. The molecule has 86 valence electrons. The van der Waals surface area contributed by atoms with Gasteiger partial charge in [-0.2, -0.15) is 0 Å². The molecule has 0 unspecified atom stereocenters. The van der Waals surface area contributed by atoms with Gasteiger partial charge in [-0.25, -0.2) is 4.99 Å². The van der Waals surface area contributed by atoms with Crippen LogP contribution in [0.15, 0.2) is 39.5 Å². The van der Waals surface area contributed by atoms with Crippen LogP contribution in [-0.4, -0.2) is 36.8 Å². The van der Waals surface area contributed by atoms with Crippen LogP contribution in [0.25, 0.3) is 5.57 Å². The second kappa shape index (κ2) is 5.01. The lowest BCUT2D eigenvalue weighted by Crippen LogP contribution is -2.14. The number of rotatable bonds is 1. The standard InChI is InChI=1S/C12H11ClN4/c1-14-11-4-9(6-17-12(11)15-2)8-3-10(13)7-16-5-8/h3-7H,1-2H3. The van der Waals surface area contributed by atoms with E-state index in [4.69, 9.17) is 11.6 Å². The van der Waals surface area contributed by atoms with Crippen molar-refractivity contribution in [2.75, 3.05) is 14.1 Å². The summed E-state index contributed by atoms with van der Waals surface area (Å²) in [5.74, 6) is 0.631. The summed E-state index contributed by atoms with van der Waals surface area (Å²) in [6.45, 7) is 0. The minimum Gasteiger partial charge on any atom is -0.285 e. The molecule has 0 atom stereocenters. The van der Waals surface area contributed by atoms with Crippen LogP contribution in [0.5, 0.6) is 0 Å². The number of nitrogens with zero attached hydrogens (tertiary/aromatic N) is 4. The lowest BCUT2D eigenvalue weighted by atomic mass is 10.1. The Hall–Kier alpha value is -1.81. The average molecular weight is 247 g/mol. The van der Waals surface area contributed by atoms with Crippen LogP contribution in [0.3, 0.4) is 0 Å². The Morgan fingerprint density at radius 1 is 1.18 bits per heavy atom. The maximum absolute atomic E-state index is 5.90. The fourth-order valence-corrected chi connectivity index (χ4v) is 1.68. The molecule has 1 aliphatic rings. The zero-order valence-corrected chi connectivity index (χ0v) is 10.3. The molecule has 0 aromatic carbocycles. The first-order valence-electron chi connectivity index (χ1n) is 5.05. The molecule has 2 rings (SSSR count). The summed E-state index contributed by atoms with van der Waals surface area (Å²) < 4.78 is 0. The van der Waals surface area contributed by atoms with E-state index in [0.29, 0.717) is 10.9 Å². The Kier molecular flexibility index (Phi) is 3.44. The molecule has 0 aliphatic carbocycles. The highest BCUT2D eigenvalue weighted by molar-refractivity contribution is 6.51. The van der Waals surface area contributed by atoms with Crippen molar-refractivity contribution in [2.24, 2.45) is 15.0 Å². The van der Waals surface area contributed by atoms with Crippen molar-refractivity contribution < 1.29 is 0 Å². The van der Waals surface area contributed by atoms with Gasteiger partial charge in [0.25, 0.3) is 0 Å². The van der Waals surface area contributed by atoms with E-state index in [1.807, 2.05) is 12.1 Å². The molecule has 17 heavy (non-hydrogen) atoms. The summed E-state index contributed by atoms with van der Waals surface area (Å²) in [5, 5.41) is 0.599. The second-order valence-electron chi connectivity index (χ2n) is 3.41. The summed E-state index contributed by atoms with van der Waals surface area (Å²) in [6.07, 6.45) is 7.00. The maximum Gasteiger partial charge on any atom is 0.172 e. The Labute approximate surface area is 104 Å². The fourth-order valence-electron chi connectivity index (χ4n) is 1.51. The molecule has 0 N–H and O–H groups in total. The predicted octanol–water partition coefficient (Wildman–Crippen LogP) is 2.30. The van der Waals surface area contributed by atoms with Gasteiger partial charge in [-0.15, -0.1) is 0 Å². The normalized spacial score (nSPS) is 19.8. The largest absolute Gasteiger partial charge is 0.285 e. The molecule has 0 fully saturated rings. The minimum absolute atomic E-state index is 0.599. The van der Waals surface area contributed by atoms with Crippen LogP contribution < -0.4 is 0 Å². The molecule has 5 heteroatoms. The molecule has 0 amide bonds. The molecule has 1 aromatic heterocycles. The Morgan fingerprint density at radius 2 is 2.00 bits per heavy atom. The zero-order chi connectivity index (χ0) is 12.3. The molecule has 0 radical (unpaired) electrons. The van der Waals surface area contributed by atoms with Crippen molar-refractivity contribution >= 4 is 34.9 Å². The van der Waals surface area contributed by atoms with E-state index in [1.165, 1.54) is 0 Å². The molecule has 0 spiro atoms. The summed E-state index contributed by atoms with van der Waals surface area (Å²) in [7, 11) is 3.41. The predicted molar refractivity (Wildman–Crippen MR) is 72.4 cm³/mol. The fraction of sp³-hybridized carbons (Fsp3) is 0.167. The quantitative estimate of drug-likeness (QED) is 0.750. The van der Waals surface area contributed by atoms with E-state index in [1.54, 1.807) is 32.7 Å². The Bertz CT molecular complexity index is 555. The van der Waals surface area contributed by atoms with Gasteiger partial charge in [-0.1, -0.05) is 11.6 Å². The molecule has 1 aromatic rings. The SMILES string of the molecule is CN=C1C=C(c2cncc(Cl)c2)C=NC1=NC. The molecule has 0 saturated carbocycles. The highest BCUT2D eigenvalue weighted by atomic mass is 35.5. The maximum atomic E-state index is 5.90. The average Bonchev–Trinajstić information content (AvgIpc) is 2.38. The van der Waals surface area contributed by atoms with E-state index >= 15 is 0 Å². The number of allylic oxidation sites excluding steroid dienone is 1. The highest BCUT2D eigenvalue weighted by Gasteiger charge is 2.11. The topological polar surface area (TPSA) is 50.0 Å². The van der Waals surface area contributed by atoms with Gasteiger partial charge in [0.2, 0.25) is 0 Å². The molecule has 2 heterocycles. The minimum atomic E-state index is 0.599. The first kappa shape index (κ1) is 11.7. The van der Waals surface area contributed by atoms with Crippen LogP contribution in [0, 0.1) is 0 Å². The van der Waals surface area contributed by atoms with Gasteiger partial charge in [0.1, 0.15) is 5.71 Å². The van der Waals surface area contributed by atoms with Gasteiger partial charge >= 0.3 is 0 Å². The van der Waals surface area contributed by atoms with Gasteiger partial charge in [0.05, 0.1) is 5.02 Å². The van der Waals surface area contributed by atoms with Crippen molar-refractivity contribution in [3.05, 3.63) is 35.1 Å². The molecule has 0 bridgehead atoms. The molecular weight excluding hydrogens is 236 g/mol. The van der Waals surface area contributed by atoms with Crippen LogP contribution in [-0.2, 0) is 0 Å². The van der Waals surface area contributed by atoms with Gasteiger partial charge < -0.3 is 0 Å². The van der Waals surface area contributed by atoms with E-state index in [0.717, 1.165) is 16.8 Å². The summed E-state index contributed by atoms with van der Waals surface area (Å²) in [4.78, 5) is 16.5. The van der Waals surface area contributed by atoms with Crippen LogP contribution >= 0.6 is 11.6 Å². The van der Waals surface area contributed by atoms with Crippen molar-refractivity contribution in [3.8, 4) is 0 Å². The third-order valence-corrected chi connectivity index (χ3v) is 2.54. The van der Waals surface area contributed by atoms with Crippen molar-refractivity contribution in [1.29, 1.82) is 0 Å². The van der Waals surface area contributed by atoms with Crippen LogP contribution in [0.4, 0.5) is 0 Å². The first-order valence-corrected chi connectivity index (χ1v) is 5.43. The molecule has 1 aliphatic heterocycles. The second-order valence-corrected chi connectivity index (χ2v) is 3.84. The highest BCUT2D eigenvalue weighted by Crippen LogP contribution is 2.18. The number of amidine groups is 1. The first-order chi connectivity index (χ1) is 8.24. The van der Waals surface area contributed by atoms with E-state index in [9.17, 15) is 0 Å². The molecule has 4 nitrogen and oxygen atoms in total. The van der Waals surface area contributed by atoms with Gasteiger partial charge in [-0.3, -0.25) is 15.0 Å². The number of hydrogen-bond donors (Lipinski definition) is 0. The molecular formula is C12H11ClN4. The van der Waals surface area contributed by atoms with Gasteiger partial charge in [-0.05, 0) is 12.1 Å².